The zero-order chi connectivity index (χ0) is 13.3. The molecule has 1 aromatic heterocycles. The summed E-state index contributed by atoms with van der Waals surface area (Å²) in [6.45, 7) is 5.41. The summed E-state index contributed by atoms with van der Waals surface area (Å²) in [5.41, 5.74) is 2.86. The summed E-state index contributed by atoms with van der Waals surface area (Å²) >= 11 is 3.38. The van der Waals surface area contributed by atoms with Crippen molar-refractivity contribution in [3.05, 3.63) is 45.3 Å². The molecule has 0 saturated carbocycles. The van der Waals surface area contributed by atoms with Crippen molar-refractivity contribution in [1.82, 2.24) is 5.16 Å². The van der Waals surface area contributed by atoms with Gasteiger partial charge in [0.25, 0.3) is 5.91 Å². The summed E-state index contributed by atoms with van der Waals surface area (Å²) in [6.07, 6.45) is 0. The monoisotopic (exact) mass is 308 g/mol. The van der Waals surface area contributed by atoms with Crippen molar-refractivity contribution in [2.24, 2.45) is 0 Å². The van der Waals surface area contributed by atoms with Gasteiger partial charge in [0.15, 0.2) is 0 Å². The summed E-state index contributed by atoms with van der Waals surface area (Å²) in [5, 5.41) is 6.64. The van der Waals surface area contributed by atoms with Gasteiger partial charge in [0.1, 0.15) is 11.3 Å². The second kappa shape index (κ2) is 4.94. The predicted molar refractivity (Wildman–Crippen MR) is 72.8 cm³/mol. The van der Waals surface area contributed by atoms with Gasteiger partial charge in [-0.25, -0.2) is 0 Å². The molecule has 0 saturated heterocycles. The van der Waals surface area contributed by atoms with Crippen molar-refractivity contribution < 1.29 is 9.32 Å². The van der Waals surface area contributed by atoms with Gasteiger partial charge in [-0.2, -0.15) is 0 Å². The number of anilines is 1. The Labute approximate surface area is 113 Å². The largest absolute Gasteiger partial charge is 0.361 e. The molecular weight excluding hydrogens is 296 g/mol. The highest BCUT2D eigenvalue weighted by Crippen LogP contribution is 2.22. The standard InChI is InChI=1S/C13H13BrN2O2/c1-7-4-5-10(14)6-11(7)15-13(17)12-8(2)16-18-9(12)3/h4-6H,1-3H3,(H,15,17). The molecule has 0 aliphatic rings. The Hall–Kier alpha value is -1.62. The smallest absolute Gasteiger partial charge is 0.261 e. The van der Waals surface area contributed by atoms with Gasteiger partial charge in [-0.1, -0.05) is 27.2 Å². The minimum atomic E-state index is -0.201. The molecule has 0 aliphatic carbocycles. The van der Waals surface area contributed by atoms with Crippen LogP contribution in [0.15, 0.2) is 27.2 Å². The average Bonchev–Trinajstić information content (AvgIpc) is 2.63. The molecule has 0 atom stereocenters. The van der Waals surface area contributed by atoms with E-state index < -0.39 is 0 Å². The Morgan fingerprint density at radius 3 is 2.67 bits per heavy atom. The van der Waals surface area contributed by atoms with Gasteiger partial charge in [-0.05, 0) is 38.5 Å². The summed E-state index contributed by atoms with van der Waals surface area (Å²) in [7, 11) is 0. The van der Waals surface area contributed by atoms with Crippen LogP contribution in [-0.2, 0) is 0 Å². The molecule has 2 rings (SSSR count). The highest BCUT2D eigenvalue weighted by atomic mass is 79.9. The Morgan fingerprint density at radius 2 is 2.06 bits per heavy atom. The van der Waals surface area contributed by atoms with Crippen LogP contribution in [0, 0.1) is 20.8 Å². The summed E-state index contributed by atoms with van der Waals surface area (Å²) in [4.78, 5) is 12.2. The van der Waals surface area contributed by atoms with Crippen molar-refractivity contribution >= 4 is 27.5 Å². The van der Waals surface area contributed by atoms with Crippen LogP contribution in [0.2, 0.25) is 0 Å². The van der Waals surface area contributed by atoms with E-state index in [4.69, 9.17) is 4.52 Å². The lowest BCUT2D eigenvalue weighted by Gasteiger charge is -2.08. The van der Waals surface area contributed by atoms with E-state index in [2.05, 4.69) is 26.4 Å². The number of nitrogens with one attached hydrogen (secondary N) is 1. The molecule has 0 aliphatic heterocycles. The third-order valence-electron chi connectivity index (χ3n) is 2.71. The van der Waals surface area contributed by atoms with Crippen LogP contribution < -0.4 is 5.32 Å². The van der Waals surface area contributed by atoms with Crippen molar-refractivity contribution in [2.75, 3.05) is 5.32 Å². The minimum absolute atomic E-state index is 0.201. The number of rotatable bonds is 2. The molecule has 5 heteroatoms. The number of hydrogen-bond acceptors (Lipinski definition) is 3. The fourth-order valence-corrected chi connectivity index (χ4v) is 2.08. The Morgan fingerprint density at radius 1 is 1.33 bits per heavy atom. The number of amides is 1. The molecule has 1 heterocycles. The summed E-state index contributed by atoms with van der Waals surface area (Å²) in [6, 6.07) is 5.74. The van der Waals surface area contributed by atoms with Crippen molar-refractivity contribution in [3.63, 3.8) is 0 Å². The first kappa shape index (κ1) is 12.8. The van der Waals surface area contributed by atoms with E-state index in [9.17, 15) is 4.79 Å². The first-order chi connectivity index (χ1) is 8.49. The van der Waals surface area contributed by atoms with E-state index in [0.717, 1.165) is 15.7 Å². The molecule has 0 radical (unpaired) electrons. The second-order valence-electron chi connectivity index (χ2n) is 4.11. The van der Waals surface area contributed by atoms with E-state index in [-0.39, 0.29) is 5.91 Å². The molecule has 0 spiro atoms. The van der Waals surface area contributed by atoms with Gasteiger partial charge < -0.3 is 9.84 Å². The van der Waals surface area contributed by atoms with Gasteiger partial charge in [0, 0.05) is 10.2 Å². The molecule has 94 valence electrons. The number of aryl methyl sites for hydroxylation is 3. The van der Waals surface area contributed by atoms with E-state index in [1.54, 1.807) is 13.8 Å². The van der Waals surface area contributed by atoms with Gasteiger partial charge in [-0.3, -0.25) is 4.79 Å². The highest BCUT2D eigenvalue weighted by molar-refractivity contribution is 9.10. The van der Waals surface area contributed by atoms with Gasteiger partial charge >= 0.3 is 0 Å². The quantitative estimate of drug-likeness (QED) is 0.922. The molecule has 2 aromatic rings. The minimum Gasteiger partial charge on any atom is -0.361 e. The van der Waals surface area contributed by atoms with Crippen LogP contribution in [0.4, 0.5) is 5.69 Å². The fourth-order valence-electron chi connectivity index (χ4n) is 1.72. The first-order valence-corrected chi connectivity index (χ1v) is 6.28. The molecule has 1 N–H and O–H groups in total. The van der Waals surface area contributed by atoms with E-state index >= 15 is 0 Å². The van der Waals surface area contributed by atoms with Crippen LogP contribution in [0.1, 0.15) is 27.4 Å². The van der Waals surface area contributed by atoms with Gasteiger partial charge in [0.2, 0.25) is 0 Å². The van der Waals surface area contributed by atoms with Crippen LogP contribution in [0.25, 0.3) is 0 Å². The van der Waals surface area contributed by atoms with Crippen LogP contribution >= 0.6 is 15.9 Å². The van der Waals surface area contributed by atoms with Crippen molar-refractivity contribution in [3.8, 4) is 0 Å². The lowest BCUT2D eigenvalue weighted by Crippen LogP contribution is -2.14. The summed E-state index contributed by atoms with van der Waals surface area (Å²) < 4.78 is 5.91. The lowest BCUT2D eigenvalue weighted by molar-refractivity contribution is 0.102. The maximum absolute atomic E-state index is 12.2. The Kier molecular flexibility index (Phi) is 3.52. The van der Waals surface area contributed by atoms with Crippen LogP contribution in [-0.4, -0.2) is 11.1 Å². The molecule has 0 unspecified atom stereocenters. The number of carbonyl (C=O) groups is 1. The topological polar surface area (TPSA) is 55.1 Å². The molecular formula is C13H13BrN2O2. The lowest BCUT2D eigenvalue weighted by atomic mass is 10.1. The molecule has 4 nitrogen and oxygen atoms in total. The first-order valence-electron chi connectivity index (χ1n) is 5.49. The molecule has 18 heavy (non-hydrogen) atoms. The third kappa shape index (κ3) is 2.46. The number of nitrogens with zero attached hydrogens (tertiary/aromatic N) is 1. The molecule has 1 aromatic carbocycles. The van der Waals surface area contributed by atoms with Crippen molar-refractivity contribution in [2.45, 2.75) is 20.8 Å². The average molecular weight is 309 g/mol. The Bertz CT molecular complexity index is 586. The second-order valence-corrected chi connectivity index (χ2v) is 5.03. The normalized spacial score (nSPS) is 10.4. The van der Waals surface area contributed by atoms with E-state index in [1.165, 1.54) is 0 Å². The van der Waals surface area contributed by atoms with Crippen molar-refractivity contribution in [1.29, 1.82) is 0 Å². The fraction of sp³-hybridized carbons (Fsp3) is 0.231. The zero-order valence-electron chi connectivity index (χ0n) is 10.4. The maximum Gasteiger partial charge on any atom is 0.261 e. The highest BCUT2D eigenvalue weighted by Gasteiger charge is 2.18. The number of benzene rings is 1. The number of hydrogen-bond donors (Lipinski definition) is 1. The Balaban J connectivity index is 2.30. The van der Waals surface area contributed by atoms with E-state index in [1.807, 2.05) is 25.1 Å². The molecule has 0 bridgehead atoms. The molecule has 1 amide bonds. The molecule has 0 fully saturated rings. The SMILES string of the molecule is Cc1ccc(Br)cc1NC(=O)c1c(C)noc1C. The maximum atomic E-state index is 12.2. The van der Waals surface area contributed by atoms with E-state index in [0.29, 0.717) is 17.0 Å². The van der Waals surface area contributed by atoms with Crippen LogP contribution in [0.5, 0.6) is 0 Å². The van der Waals surface area contributed by atoms with Gasteiger partial charge in [-0.15, -0.1) is 0 Å². The zero-order valence-corrected chi connectivity index (χ0v) is 12.0. The number of carbonyl (C=O) groups excluding carboxylic acids is 1. The third-order valence-corrected chi connectivity index (χ3v) is 3.20. The van der Waals surface area contributed by atoms with Crippen LogP contribution in [0.3, 0.4) is 0 Å². The summed E-state index contributed by atoms with van der Waals surface area (Å²) in [5.74, 6) is 0.324. The van der Waals surface area contributed by atoms with Gasteiger partial charge in [0.05, 0.1) is 5.69 Å². The number of halogens is 1. The number of aromatic nitrogens is 1. The predicted octanol–water partition coefficient (Wildman–Crippen LogP) is 3.61.